The van der Waals surface area contributed by atoms with Crippen molar-refractivity contribution >= 4 is 34.6 Å². The van der Waals surface area contributed by atoms with Crippen LogP contribution >= 0.6 is 23.8 Å². The summed E-state index contributed by atoms with van der Waals surface area (Å²) in [4.78, 5) is 0. The molecular formula is C17H19ClN2S. The molecule has 0 fully saturated rings. The topological polar surface area (TPSA) is 24.1 Å². The molecule has 0 saturated carbocycles. The van der Waals surface area contributed by atoms with Crippen LogP contribution < -0.4 is 10.6 Å². The molecule has 2 rings (SSSR count). The SMILES string of the molecule is CCc1ccc(C(C)NC(=S)Nc2ccc(Cl)cc2)cc1. The third-order valence-corrected chi connectivity index (χ3v) is 3.81. The summed E-state index contributed by atoms with van der Waals surface area (Å²) < 4.78 is 0. The van der Waals surface area contributed by atoms with Crippen LogP contribution in [0.25, 0.3) is 0 Å². The molecule has 0 saturated heterocycles. The van der Waals surface area contributed by atoms with Crippen molar-refractivity contribution in [1.29, 1.82) is 0 Å². The van der Waals surface area contributed by atoms with E-state index < -0.39 is 0 Å². The van der Waals surface area contributed by atoms with E-state index in [-0.39, 0.29) is 6.04 Å². The molecule has 1 atom stereocenters. The van der Waals surface area contributed by atoms with Crippen molar-refractivity contribution in [3.05, 3.63) is 64.7 Å². The van der Waals surface area contributed by atoms with E-state index in [0.717, 1.165) is 12.1 Å². The van der Waals surface area contributed by atoms with Crippen LogP contribution in [0.3, 0.4) is 0 Å². The smallest absolute Gasteiger partial charge is 0.171 e. The van der Waals surface area contributed by atoms with Crippen molar-refractivity contribution in [1.82, 2.24) is 5.32 Å². The number of hydrogen-bond acceptors (Lipinski definition) is 1. The quantitative estimate of drug-likeness (QED) is 0.780. The van der Waals surface area contributed by atoms with E-state index in [2.05, 4.69) is 48.7 Å². The van der Waals surface area contributed by atoms with Gasteiger partial charge in [0, 0.05) is 10.7 Å². The number of thiocarbonyl (C=S) groups is 1. The molecule has 4 heteroatoms. The van der Waals surface area contributed by atoms with Gasteiger partial charge in [-0.3, -0.25) is 0 Å². The van der Waals surface area contributed by atoms with E-state index >= 15 is 0 Å². The molecule has 0 aromatic heterocycles. The third kappa shape index (κ3) is 4.73. The molecule has 21 heavy (non-hydrogen) atoms. The van der Waals surface area contributed by atoms with Gasteiger partial charge in [-0.15, -0.1) is 0 Å². The predicted octanol–water partition coefficient (Wildman–Crippen LogP) is 4.95. The summed E-state index contributed by atoms with van der Waals surface area (Å²) in [5.41, 5.74) is 3.48. The number of halogens is 1. The van der Waals surface area contributed by atoms with E-state index in [1.165, 1.54) is 11.1 Å². The molecule has 110 valence electrons. The second kappa shape index (κ2) is 7.43. The van der Waals surface area contributed by atoms with Gasteiger partial charge in [0.1, 0.15) is 0 Å². The van der Waals surface area contributed by atoms with Crippen LogP contribution in [0.2, 0.25) is 5.02 Å². The summed E-state index contributed by atoms with van der Waals surface area (Å²) in [7, 11) is 0. The number of nitrogens with one attached hydrogen (secondary N) is 2. The Morgan fingerprint density at radius 3 is 2.29 bits per heavy atom. The lowest BCUT2D eigenvalue weighted by Crippen LogP contribution is -2.30. The van der Waals surface area contributed by atoms with Gasteiger partial charge in [0.15, 0.2) is 5.11 Å². The van der Waals surface area contributed by atoms with Crippen molar-refractivity contribution in [2.75, 3.05) is 5.32 Å². The molecule has 2 aromatic rings. The second-order valence-electron chi connectivity index (χ2n) is 4.92. The monoisotopic (exact) mass is 318 g/mol. The Bertz CT molecular complexity index is 593. The van der Waals surface area contributed by atoms with Crippen LogP contribution in [-0.2, 0) is 6.42 Å². The minimum Gasteiger partial charge on any atom is -0.356 e. The van der Waals surface area contributed by atoms with Crippen molar-refractivity contribution in [2.45, 2.75) is 26.3 Å². The lowest BCUT2D eigenvalue weighted by molar-refractivity contribution is 0.722. The highest BCUT2D eigenvalue weighted by molar-refractivity contribution is 7.80. The summed E-state index contributed by atoms with van der Waals surface area (Å²) in [6, 6.07) is 16.2. The largest absolute Gasteiger partial charge is 0.356 e. The summed E-state index contributed by atoms with van der Waals surface area (Å²) in [6.07, 6.45) is 1.05. The van der Waals surface area contributed by atoms with Crippen LogP contribution in [0.4, 0.5) is 5.69 Å². The zero-order valence-electron chi connectivity index (χ0n) is 12.2. The highest BCUT2D eigenvalue weighted by Gasteiger charge is 2.07. The molecule has 0 amide bonds. The fourth-order valence-electron chi connectivity index (χ4n) is 2.02. The number of hydrogen-bond donors (Lipinski definition) is 2. The normalized spacial score (nSPS) is 11.8. The standard InChI is InChI=1S/C17H19ClN2S/c1-3-13-4-6-14(7-5-13)12(2)19-17(21)20-16-10-8-15(18)9-11-16/h4-12H,3H2,1-2H3,(H2,19,20,21). The van der Waals surface area contributed by atoms with Crippen LogP contribution in [0, 0.1) is 0 Å². The number of anilines is 1. The van der Waals surface area contributed by atoms with E-state index in [1.54, 1.807) is 0 Å². The Morgan fingerprint density at radius 2 is 1.71 bits per heavy atom. The van der Waals surface area contributed by atoms with Gasteiger partial charge >= 0.3 is 0 Å². The molecule has 0 bridgehead atoms. The lowest BCUT2D eigenvalue weighted by Gasteiger charge is -2.17. The molecule has 0 spiro atoms. The van der Waals surface area contributed by atoms with Crippen molar-refractivity contribution in [2.24, 2.45) is 0 Å². The average molecular weight is 319 g/mol. The first kappa shape index (κ1) is 15.8. The van der Waals surface area contributed by atoms with Gasteiger partial charge in [0.2, 0.25) is 0 Å². The molecular weight excluding hydrogens is 300 g/mol. The van der Waals surface area contributed by atoms with Gasteiger partial charge in [-0.05, 0) is 61.0 Å². The fraction of sp³-hybridized carbons (Fsp3) is 0.235. The molecule has 0 heterocycles. The zero-order valence-corrected chi connectivity index (χ0v) is 13.8. The maximum Gasteiger partial charge on any atom is 0.171 e. The molecule has 0 radical (unpaired) electrons. The zero-order chi connectivity index (χ0) is 15.2. The van der Waals surface area contributed by atoms with E-state index in [1.807, 2.05) is 24.3 Å². The van der Waals surface area contributed by atoms with Crippen LogP contribution in [0.1, 0.15) is 31.0 Å². The van der Waals surface area contributed by atoms with Gasteiger partial charge in [0.05, 0.1) is 6.04 Å². The predicted molar refractivity (Wildman–Crippen MR) is 95.0 cm³/mol. The van der Waals surface area contributed by atoms with Gasteiger partial charge in [-0.2, -0.15) is 0 Å². The summed E-state index contributed by atoms with van der Waals surface area (Å²) in [5, 5.41) is 7.75. The van der Waals surface area contributed by atoms with Crippen LogP contribution in [0.5, 0.6) is 0 Å². The summed E-state index contributed by atoms with van der Waals surface area (Å²) >= 11 is 11.2. The van der Waals surface area contributed by atoms with E-state index in [4.69, 9.17) is 23.8 Å². The molecule has 2 nitrogen and oxygen atoms in total. The lowest BCUT2D eigenvalue weighted by atomic mass is 10.1. The number of benzene rings is 2. The first-order chi connectivity index (χ1) is 10.1. The van der Waals surface area contributed by atoms with Crippen molar-refractivity contribution < 1.29 is 0 Å². The Hall–Kier alpha value is -1.58. The van der Waals surface area contributed by atoms with Gasteiger partial charge < -0.3 is 10.6 Å². The molecule has 0 aliphatic rings. The van der Waals surface area contributed by atoms with Gasteiger partial charge in [0.25, 0.3) is 0 Å². The molecule has 2 aromatic carbocycles. The minimum absolute atomic E-state index is 0.156. The molecule has 1 unspecified atom stereocenters. The fourth-order valence-corrected chi connectivity index (χ4v) is 2.44. The Labute approximate surface area is 136 Å². The maximum absolute atomic E-state index is 5.86. The summed E-state index contributed by atoms with van der Waals surface area (Å²) in [5.74, 6) is 0. The van der Waals surface area contributed by atoms with Crippen LogP contribution in [0.15, 0.2) is 48.5 Å². The van der Waals surface area contributed by atoms with Crippen molar-refractivity contribution in [3.63, 3.8) is 0 Å². The first-order valence-corrected chi connectivity index (χ1v) is 7.79. The Kier molecular flexibility index (Phi) is 5.59. The van der Waals surface area contributed by atoms with Crippen molar-refractivity contribution in [3.8, 4) is 0 Å². The Morgan fingerprint density at radius 1 is 1.10 bits per heavy atom. The molecule has 2 N–H and O–H groups in total. The summed E-state index contributed by atoms with van der Waals surface area (Å²) in [6.45, 7) is 4.25. The minimum atomic E-state index is 0.156. The maximum atomic E-state index is 5.86. The highest BCUT2D eigenvalue weighted by atomic mass is 35.5. The number of rotatable bonds is 4. The Balaban J connectivity index is 1.93. The van der Waals surface area contributed by atoms with Gasteiger partial charge in [-0.25, -0.2) is 0 Å². The van der Waals surface area contributed by atoms with E-state index in [0.29, 0.717) is 10.1 Å². The number of aryl methyl sites for hydroxylation is 1. The average Bonchev–Trinajstić information content (AvgIpc) is 2.49. The van der Waals surface area contributed by atoms with E-state index in [9.17, 15) is 0 Å². The molecule has 0 aliphatic carbocycles. The third-order valence-electron chi connectivity index (χ3n) is 3.34. The van der Waals surface area contributed by atoms with Crippen LogP contribution in [-0.4, -0.2) is 5.11 Å². The second-order valence-corrected chi connectivity index (χ2v) is 5.77. The molecule has 0 aliphatic heterocycles. The van der Waals surface area contributed by atoms with Gasteiger partial charge in [-0.1, -0.05) is 42.8 Å². The highest BCUT2D eigenvalue weighted by Crippen LogP contribution is 2.16. The first-order valence-electron chi connectivity index (χ1n) is 7.00.